The molecule has 0 spiro atoms. The molecule has 0 unspecified atom stereocenters. The lowest BCUT2D eigenvalue weighted by Gasteiger charge is -2.05. The van der Waals surface area contributed by atoms with Crippen molar-refractivity contribution in [1.29, 1.82) is 0 Å². The van der Waals surface area contributed by atoms with Crippen LogP contribution in [0.2, 0.25) is 0 Å². The maximum atomic E-state index is 11.3. The molecule has 5 nitrogen and oxygen atoms in total. The van der Waals surface area contributed by atoms with Crippen LogP contribution in [0.4, 0.5) is 0 Å². The second kappa shape index (κ2) is 4.93. The van der Waals surface area contributed by atoms with Crippen molar-refractivity contribution in [2.75, 3.05) is 13.1 Å². The van der Waals surface area contributed by atoms with Crippen molar-refractivity contribution >= 4 is 5.91 Å². The number of aromatic nitrogens is 2. The summed E-state index contributed by atoms with van der Waals surface area (Å²) < 4.78 is 1.98. The molecule has 1 aromatic rings. The maximum Gasteiger partial charge on any atom is 0.234 e. The molecule has 1 fully saturated rings. The predicted octanol–water partition coefficient (Wildman–Crippen LogP) is -0.249. The fourth-order valence-electron chi connectivity index (χ4n) is 1.34. The van der Waals surface area contributed by atoms with Gasteiger partial charge in [-0.15, -0.1) is 0 Å². The SMILES string of the molecule is O=C(CNCCn1ccnc1)NC1CC1. The standard InChI is InChI=1S/C10H16N4O/c15-10(13-9-1-2-9)7-11-3-5-14-6-4-12-8-14/h4,6,8-9,11H,1-3,5,7H2,(H,13,15). The Morgan fingerprint density at radius 2 is 2.40 bits per heavy atom. The number of nitrogens with zero attached hydrogens (tertiary/aromatic N) is 2. The predicted molar refractivity (Wildman–Crippen MR) is 56.3 cm³/mol. The van der Waals surface area contributed by atoms with Gasteiger partial charge in [-0.2, -0.15) is 0 Å². The Morgan fingerprint density at radius 1 is 1.53 bits per heavy atom. The molecule has 1 aromatic heterocycles. The summed E-state index contributed by atoms with van der Waals surface area (Å²) in [6, 6.07) is 0.452. The van der Waals surface area contributed by atoms with Crippen LogP contribution in [-0.2, 0) is 11.3 Å². The van der Waals surface area contributed by atoms with Gasteiger partial charge in [0, 0.05) is 31.5 Å². The summed E-state index contributed by atoms with van der Waals surface area (Å²) in [6.45, 7) is 2.04. The number of amides is 1. The van der Waals surface area contributed by atoms with Crippen LogP contribution in [0.1, 0.15) is 12.8 Å². The van der Waals surface area contributed by atoms with Crippen LogP contribution in [0, 0.1) is 0 Å². The minimum absolute atomic E-state index is 0.100. The zero-order valence-electron chi connectivity index (χ0n) is 8.65. The Bertz CT molecular complexity index is 305. The summed E-state index contributed by atoms with van der Waals surface area (Å²) in [4.78, 5) is 15.2. The Hall–Kier alpha value is -1.36. The van der Waals surface area contributed by atoms with Crippen LogP contribution >= 0.6 is 0 Å². The highest BCUT2D eigenvalue weighted by Crippen LogP contribution is 2.17. The number of nitrogens with one attached hydrogen (secondary N) is 2. The third-order valence-electron chi connectivity index (χ3n) is 2.33. The lowest BCUT2D eigenvalue weighted by atomic mass is 10.5. The molecule has 82 valence electrons. The van der Waals surface area contributed by atoms with Crippen LogP contribution in [0.5, 0.6) is 0 Å². The van der Waals surface area contributed by atoms with Crippen LogP contribution in [-0.4, -0.2) is 34.6 Å². The first kappa shape index (κ1) is 10.2. The van der Waals surface area contributed by atoms with Gasteiger partial charge in [0.2, 0.25) is 5.91 Å². The number of carbonyl (C=O) groups is 1. The average Bonchev–Trinajstić information content (AvgIpc) is 2.87. The molecule has 1 amide bonds. The molecule has 2 N–H and O–H groups in total. The van der Waals surface area contributed by atoms with Gasteiger partial charge < -0.3 is 15.2 Å². The molecule has 1 aliphatic carbocycles. The molecule has 5 heteroatoms. The Kier molecular flexibility index (Phi) is 3.34. The minimum Gasteiger partial charge on any atom is -0.352 e. The first-order chi connectivity index (χ1) is 7.34. The summed E-state index contributed by atoms with van der Waals surface area (Å²) in [7, 11) is 0. The molecule has 0 radical (unpaired) electrons. The topological polar surface area (TPSA) is 59.0 Å². The fraction of sp³-hybridized carbons (Fsp3) is 0.600. The number of hydrogen-bond donors (Lipinski definition) is 2. The normalized spacial score (nSPS) is 15.2. The van der Waals surface area contributed by atoms with E-state index in [2.05, 4.69) is 15.6 Å². The second-order valence-electron chi connectivity index (χ2n) is 3.82. The molecule has 0 aliphatic heterocycles. The van der Waals surface area contributed by atoms with Crippen LogP contribution in [0.15, 0.2) is 18.7 Å². The molecule has 0 bridgehead atoms. The lowest BCUT2D eigenvalue weighted by Crippen LogP contribution is -2.36. The third-order valence-corrected chi connectivity index (χ3v) is 2.33. The number of carbonyl (C=O) groups excluding carboxylic acids is 1. The highest BCUT2D eigenvalue weighted by atomic mass is 16.2. The van der Waals surface area contributed by atoms with E-state index in [4.69, 9.17) is 0 Å². The lowest BCUT2D eigenvalue weighted by molar-refractivity contribution is -0.120. The summed E-state index contributed by atoms with van der Waals surface area (Å²) in [5.41, 5.74) is 0. The third kappa shape index (κ3) is 3.71. The van der Waals surface area contributed by atoms with E-state index < -0.39 is 0 Å². The molecule has 1 heterocycles. The van der Waals surface area contributed by atoms with Gasteiger partial charge in [-0.05, 0) is 12.8 Å². The van der Waals surface area contributed by atoms with Gasteiger partial charge in [0.1, 0.15) is 0 Å². The van der Waals surface area contributed by atoms with Crippen molar-refractivity contribution in [3.8, 4) is 0 Å². The van der Waals surface area contributed by atoms with Crippen molar-refractivity contribution in [2.45, 2.75) is 25.4 Å². The van der Waals surface area contributed by atoms with E-state index in [1.54, 1.807) is 12.5 Å². The summed E-state index contributed by atoms with van der Waals surface area (Å²) >= 11 is 0. The molecule has 0 atom stereocenters. The zero-order valence-corrected chi connectivity index (χ0v) is 8.65. The van der Waals surface area contributed by atoms with Crippen molar-refractivity contribution in [2.24, 2.45) is 0 Å². The Morgan fingerprint density at radius 3 is 3.07 bits per heavy atom. The molecule has 15 heavy (non-hydrogen) atoms. The van der Waals surface area contributed by atoms with Gasteiger partial charge in [0.25, 0.3) is 0 Å². The summed E-state index contributed by atoms with van der Waals surface area (Å²) in [5, 5.41) is 6.02. The van der Waals surface area contributed by atoms with Gasteiger partial charge in [0.05, 0.1) is 12.9 Å². The van der Waals surface area contributed by atoms with Gasteiger partial charge in [-0.25, -0.2) is 4.98 Å². The average molecular weight is 208 g/mol. The molecule has 2 rings (SSSR count). The van der Waals surface area contributed by atoms with Crippen molar-refractivity contribution < 1.29 is 4.79 Å². The van der Waals surface area contributed by atoms with Crippen molar-refractivity contribution in [1.82, 2.24) is 20.2 Å². The van der Waals surface area contributed by atoms with E-state index in [9.17, 15) is 4.79 Å². The van der Waals surface area contributed by atoms with E-state index >= 15 is 0 Å². The number of rotatable bonds is 6. The first-order valence-corrected chi connectivity index (χ1v) is 5.30. The molecule has 1 aliphatic rings. The largest absolute Gasteiger partial charge is 0.352 e. The molecule has 1 saturated carbocycles. The summed E-state index contributed by atoms with van der Waals surface area (Å²) in [6.07, 6.45) is 7.71. The second-order valence-corrected chi connectivity index (χ2v) is 3.82. The van der Waals surface area contributed by atoms with Gasteiger partial charge >= 0.3 is 0 Å². The quantitative estimate of drug-likeness (QED) is 0.634. The van der Waals surface area contributed by atoms with Crippen LogP contribution in [0.3, 0.4) is 0 Å². The minimum atomic E-state index is 0.100. The van der Waals surface area contributed by atoms with Gasteiger partial charge in [-0.1, -0.05) is 0 Å². The monoisotopic (exact) mass is 208 g/mol. The highest BCUT2D eigenvalue weighted by molar-refractivity contribution is 5.78. The van der Waals surface area contributed by atoms with Crippen LogP contribution < -0.4 is 10.6 Å². The van der Waals surface area contributed by atoms with E-state index in [1.165, 1.54) is 0 Å². The van der Waals surface area contributed by atoms with Crippen LogP contribution in [0.25, 0.3) is 0 Å². The summed E-state index contributed by atoms with van der Waals surface area (Å²) in [5.74, 6) is 0.100. The van der Waals surface area contributed by atoms with E-state index in [0.29, 0.717) is 12.6 Å². The zero-order chi connectivity index (χ0) is 10.5. The Balaban J connectivity index is 1.52. The van der Waals surface area contributed by atoms with Crippen molar-refractivity contribution in [3.05, 3.63) is 18.7 Å². The Labute approximate surface area is 88.9 Å². The smallest absolute Gasteiger partial charge is 0.234 e. The van der Waals surface area contributed by atoms with E-state index in [-0.39, 0.29) is 5.91 Å². The van der Waals surface area contributed by atoms with Crippen molar-refractivity contribution in [3.63, 3.8) is 0 Å². The molecular weight excluding hydrogens is 192 g/mol. The van der Waals surface area contributed by atoms with E-state index in [0.717, 1.165) is 25.9 Å². The fourth-order valence-corrected chi connectivity index (χ4v) is 1.34. The highest BCUT2D eigenvalue weighted by Gasteiger charge is 2.22. The maximum absolute atomic E-state index is 11.3. The molecule has 0 aromatic carbocycles. The van der Waals surface area contributed by atoms with E-state index in [1.807, 2.05) is 10.8 Å². The number of imidazole rings is 1. The van der Waals surface area contributed by atoms with Gasteiger partial charge in [-0.3, -0.25) is 4.79 Å². The first-order valence-electron chi connectivity index (χ1n) is 5.30. The van der Waals surface area contributed by atoms with Gasteiger partial charge in [0.15, 0.2) is 0 Å². The molecular formula is C10H16N4O. The number of hydrogen-bond acceptors (Lipinski definition) is 3. The molecule has 0 saturated heterocycles.